The maximum absolute atomic E-state index is 10.8. The molecule has 1 aliphatic rings. The molecule has 1 aromatic carbocycles. The molecule has 0 saturated heterocycles. The maximum atomic E-state index is 10.8. The number of nitrogens with zero attached hydrogens (tertiary/aromatic N) is 1. The van der Waals surface area contributed by atoms with Crippen molar-refractivity contribution in [2.75, 3.05) is 12.4 Å². The monoisotopic (exact) mass is 278 g/mol. The third-order valence-corrected chi connectivity index (χ3v) is 4.17. The van der Waals surface area contributed by atoms with Crippen molar-refractivity contribution in [3.63, 3.8) is 0 Å². The summed E-state index contributed by atoms with van der Waals surface area (Å²) in [7, 11) is 1.54. The average molecular weight is 278 g/mol. The van der Waals surface area contributed by atoms with E-state index in [9.17, 15) is 10.1 Å². The van der Waals surface area contributed by atoms with Crippen molar-refractivity contribution < 1.29 is 9.66 Å². The Morgan fingerprint density at radius 2 is 2.10 bits per heavy atom. The fourth-order valence-corrected chi connectivity index (χ4v) is 2.99. The number of non-ortho nitro benzene ring substituents is 1. The number of nitrogens with one attached hydrogen (secondary N) is 1. The number of nitro groups is 1. The lowest BCUT2D eigenvalue weighted by Gasteiger charge is -2.34. The molecular formula is C15H22N2O3. The van der Waals surface area contributed by atoms with Gasteiger partial charge in [0.2, 0.25) is 0 Å². The SMILES string of the molecule is COc1cc([N+](=O)[O-])ccc1NC1CCC(C)CC1C. The molecule has 1 fully saturated rings. The van der Waals surface area contributed by atoms with Gasteiger partial charge in [-0.05, 0) is 37.2 Å². The Balaban J connectivity index is 2.14. The van der Waals surface area contributed by atoms with Crippen LogP contribution < -0.4 is 10.1 Å². The van der Waals surface area contributed by atoms with Crippen LogP contribution >= 0.6 is 0 Å². The minimum atomic E-state index is -0.406. The standard InChI is InChI=1S/C15H22N2O3/c1-10-4-6-13(11(2)8-10)16-14-7-5-12(17(18)19)9-15(14)20-3/h5,7,9-11,13,16H,4,6,8H2,1-3H3. The number of hydrogen-bond donors (Lipinski definition) is 1. The lowest BCUT2D eigenvalue weighted by Crippen LogP contribution is -2.33. The summed E-state index contributed by atoms with van der Waals surface area (Å²) >= 11 is 0. The number of nitro benzene ring substituents is 1. The molecule has 1 N–H and O–H groups in total. The summed E-state index contributed by atoms with van der Waals surface area (Å²) in [5, 5.41) is 14.3. The Morgan fingerprint density at radius 3 is 2.70 bits per heavy atom. The van der Waals surface area contributed by atoms with E-state index < -0.39 is 4.92 Å². The van der Waals surface area contributed by atoms with Crippen molar-refractivity contribution in [2.24, 2.45) is 11.8 Å². The molecule has 0 aromatic heterocycles. The van der Waals surface area contributed by atoms with Gasteiger partial charge in [-0.15, -0.1) is 0 Å². The highest BCUT2D eigenvalue weighted by molar-refractivity contribution is 5.61. The van der Waals surface area contributed by atoms with Gasteiger partial charge in [0.1, 0.15) is 5.75 Å². The second-order valence-electron chi connectivity index (χ2n) is 5.79. The summed E-state index contributed by atoms with van der Waals surface area (Å²) in [5.41, 5.74) is 0.891. The molecule has 0 amide bonds. The Labute approximate surface area is 119 Å². The molecule has 3 atom stereocenters. The molecule has 0 heterocycles. The lowest BCUT2D eigenvalue weighted by molar-refractivity contribution is -0.384. The molecule has 1 saturated carbocycles. The molecule has 0 radical (unpaired) electrons. The Morgan fingerprint density at radius 1 is 1.35 bits per heavy atom. The van der Waals surface area contributed by atoms with Crippen LogP contribution in [-0.2, 0) is 0 Å². The highest BCUT2D eigenvalue weighted by Crippen LogP contribution is 2.34. The first-order valence-electron chi connectivity index (χ1n) is 7.10. The van der Waals surface area contributed by atoms with Crippen LogP contribution in [0.4, 0.5) is 11.4 Å². The predicted octanol–water partition coefficient (Wildman–Crippen LogP) is 3.84. The number of ether oxygens (including phenoxy) is 1. The Bertz CT molecular complexity index is 490. The predicted molar refractivity (Wildman–Crippen MR) is 79.2 cm³/mol. The Kier molecular flexibility index (Phi) is 4.47. The van der Waals surface area contributed by atoms with E-state index in [-0.39, 0.29) is 5.69 Å². The van der Waals surface area contributed by atoms with Crippen LogP contribution in [0.3, 0.4) is 0 Å². The normalized spacial score (nSPS) is 26.1. The number of methoxy groups -OCH3 is 1. The van der Waals surface area contributed by atoms with Crippen molar-refractivity contribution in [3.8, 4) is 5.75 Å². The van der Waals surface area contributed by atoms with Gasteiger partial charge in [-0.25, -0.2) is 0 Å². The van der Waals surface area contributed by atoms with Gasteiger partial charge in [-0.2, -0.15) is 0 Å². The largest absolute Gasteiger partial charge is 0.494 e. The van der Waals surface area contributed by atoms with Gasteiger partial charge in [-0.1, -0.05) is 13.8 Å². The van der Waals surface area contributed by atoms with Gasteiger partial charge >= 0.3 is 0 Å². The molecule has 20 heavy (non-hydrogen) atoms. The topological polar surface area (TPSA) is 64.4 Å². The van der Waals surface area contributed by atoms with E-state index >= 15 is 0 Å². The first-order chi connectivity index (χ1) is 9.51. The minimum absolute atomic E-state index is 0.0534. The molecule has 3 unspecified atom stereocenters. The molecule has 5 nitrogen and oxygen atoms in total. The van der Waals surface area contributed by atoms with Gasteiger partial charge in [0, 0.05) is 12.1 Å². The van der Waals surface area contributed by atoms with E-state index in [1.807, 2.05) is 0 Å². The number of rotatable bonds is 4. The molecule has 1 aromatic rings. The van der Waals surface area contributed by atoms with E-state index in [4.69, 9.17) is 4.74 Å². The van der Waals surface area contributed by atoms with E-state index in [0.717, 1.165) is 18.0 Å². The second kappa shape index (κ2) is 6.11. The fraction of sp³-hybridized carbons (Fsp3) is 0.600. The van der Waals surface area contributed by atoms with E-state index in [1.165, 1.54) is 32.1 Å². The Hall–Kier alpha value is -1.78. The number of hydrogen-bond acceptors (Lipinski definition) is 4. The summed E-state index contributed by atoms with van der Waals surface area (Å²) in [5.74, 6) is 1.91. The van der Waals surface area contributed by atoms with Gasteiger partial charge in [-0.3, -0.25) is 10.1 Å². The summed E-state index contributed by atoms with van der Waals surface area (Å²) < 4.78 is 5.27. The molecular weight excluding hydrogens is 256 g/mol. The maximum Gasteiger partial charge on any atom is 0.273 e. The van der Waals surface area contributed by atoms with Crippen LogP contribution in [0.25, 0.3) is 0 Å². The van der Waals surface area contributed by atoms with Gasteiger partial charge in [0.05, 0.1) is 23.8 Å². The number of benzene rings is 1. The van der Waals surface area contributed by atoms with E-state index in [0.29, 0.717) is 17.7 Å². The van der Waals surface area contributed by atoms with Crippen molar-refractivity contribution in [1.29, 1.82) is 0 Å². The van der Waals surface area contributed by atoms with Gasteiger partial charge < -0.3 is 10.1 Å². The third kappa shape index (κ3) is 3.21. The number of anilines is 1. The zero-order chi connectivity index (χ0) is 14.7. The fourth-order valence-electron chi connectivity index (χ4n) is 2.99. The summed E-state index contributed by atoms with van der Waals surface area (Å²) in [4.78, 5) is 10.4. The van der Waals surface area contributed by atoms with Gasteiger partial charge in [0.15, 0.2) is 0 Å². The molecule has 110 valence electrons. The van der Waals surface area contributed by atoms with E-state index in [1.54, 1.807) is 6.07 Å². The van der Waals surface area contributed by atoms with Crippen LogP contribution in [0.15, 0.2) is 18.2 Å². The van der Waals surface area contributed by atoms with Crippen LogP contribution in [0, 0.1) is 22.0 Å². The lowest BCUT2D eigenvalue weighted by atomic mass is 9.80. The van der Waals surface area contributed by atoms with Crippen LogP contribution in [0.1, 0.15) is 33.1 Å². The van der Waals surface area contributed by atoms with Crippen molar-refractivity contribution in [1.82, 2.24) is 0 Å². The molecule has 5 heteroatoms. The summed E-state index contributed by atoms with van der Waals surface area (Å²) in [6.07, 6.45) is 3.56. The van der Waals surface area contributed by atoms with Crippen LogP contribution in [0.5, 0.6) is 5.75 Å². The molecule has 0 aliphatic heterocycles. The molecule has 0 spiro atoms. The second-order valence-corrected chi connectivity index (χ2v) is 5.79. The molecule has 0 bridgehead atoms. The summed E-state index contributed by atoms with van der Waals surface area (Å²) in [6.45, 7) is 4.55. The minimum Gasteiger partial charge on any atom is -0.494 e. The highest BCUT2D eigenvalue weighted by Gasteiger charge is 2.26. The molecule has 2 rings (SSSR count). The first kappa shape index (κ1) is 14.6. The molecule has 1 aliphatic carbocycles. The zero-order valence-electron chi connectivity index (χ0n) is 12.3. The van der Waals surface area contributed by atoms with Crippen LogP contribution in [0.2, 0.25) is 0 Å². The van der Waals surface area contributed by atoms with Crippen molar-refractivity contribution >= 4 is 11.4 Å². The highest BCUT2D eigenvalue weighted by atomic mass is 16.6. The van der Waals surface area contributed by atoms with Crippen molar-refractivity contribution in [3.05, 3.63) is 28.3 Å². The van der Waals surface area contributed by atoms with Crippen LogP contribution in [-0.4, -0.2) is 18.1 Å². The van der Waals surface area contributed by atoms with E-state index in [2.05, 4.69) is 19.2 Å². The smallest absolute Gasteiger partial charge is 0.273 e. The summed E-state index contributed by atoms with van der Waals surface area (Å²) in [6, 6.07) is 5.13. The van der Waals surface area contributed by atoms with Crippen molar-refractivity contribution in [2.45, 2.75) is 39.2 Å². The zero-order valence-corrected chi connectivity index (χ0v) is 12.3. The first-order valence-corrected chi connectivity index (χ1v) is 7.10. The average Bonchev–Trinajstić information content (AvgIpc) is 2.42. The van der Waals surface area contributed by atoms with Gasteiger partial charge in [0.25, 0.3) is 5.69 Å². The third-order valence-electron chi connectivity index (χ3n) is 4.17. The quantitative estimate of drug-likeness (QED) is 0.671.